The number of carbonyl (C=O) groups is 1. The van der Waals surface area contributed by atoms with Gasteiger partial charge in [-0.25, -0.2) is 4.79 Å². The Balaban J connectivity index is 2.27. The fourth-order valence-corrected chi connectivity index (χ4v) is 2.08. The zero-order chi connectivity index (χ0) is 14.5. The normalized spacial score (nSPS) is 19.3. The zero-order valence-electron chi connectivity index (χ0n) is 12.6. The van der Waals surface area contributed by atoms with Crippen LogP contribution in [-0.2, 0) is 4.74 Å². The number of piperidine rings is 1. The molecule has 0 spiro atoms. The Kier molecular flexibility index (Phi) is 6.07. The van der Waals surface area contributed by atoms with Gasteiger partial charge >= 0.3 is 6.09 Å². The average Bonchev–Trinajstić information content (AvgIpc) is 2.34. The SMILES string of the molecule is C[C@H](CO)NCC1CCN(C(=O)OC(C)(C)C)CC1. The molecule has 1 fully saturated rings. The molecule has 0 aromatic carbocycles. The lowest BCUT2D eigenvalue weighted by atomic mass is 9.97. The summed E-state index contributed by atoms with van der Waals surface area (Å²) in [7, 11) is 0. The Labute approximate surface area is 116 Å². The third kappa shape index (κ3) is 6.25. The number of aliphatic hydroxyl groups is 1. The minimum atomic E-state index is -0.425. The number of ether oxygens (including phenoxy) is 1. The van der Waals surface area contributed by atoms with E-state index in [1.807, 2.05) is 27.7 Å². The number of amides is 1. The summed E-state index contributed by atoms with van der Waals surface area (Å²) in [5, 5.41) is 12.3. The van der Waals surface area contributed by atoms with Crippen molar-refractivity contribution in [3.8, 4) is 0 Å². The molecule has 5 heteroatoms. The van der Waals surface area contributed by atoms with Gasteiger partial charge in [0.25, 0.3) is 0 Å². The van der Waals surface area contributed by atoms with Gasteiger partial charge in [0.2, 0.25) is 0 Å². The zero-order valence-corrected chi connectivity index (χ0v) is 12.6. The van der Waals surface area contributed by atoms with Crippen LogP contribution in [0, 0.1) is 5.92 Å². The topological polar surface area (TPSA) is 61.8 Å². The van der Waals surface area contributed by atoms with Crippen LogP contribution in [0.25, 0.3) is 0 Å². The highest BCUT2D eigenvalue weighted by Crippen LogP contribution is 2.19. The van der Waals surface area contributed by atoms with Gasteiger partial charge in [-0.15, -0.1) is 0 Å². The van der Waals surface area contributed by atoms with Crippen LogP contribution < -0.4 is 5.32 Å². The van der Waals surface area contributed by atoms with Crippen molar-refractivity contribution in [3.05, 3.63) is 0 Å². The van der Waals surface area contributed by atoms with Crippen LogP contribution in [-0.4, -0.2) is 54.0 Å². The minimum absolute atomic E-state index is 0.142. The van der Waals surface area contributed by atoms with E-state index in [1.54, 1.807) is 4.90 Å². The van der Waals surface area contributed by atoms with Crippen molar-refractivity contribution in [3.63, 3.8) is 0 Å². The van der Waals surface area contributed by atoms with Gasteiger partial charge in [-0.1, -0.05) is 0 Å². The molecule has 5 nitrogen and oxygen atoms in total. The standard InChI is InChI=1S/C14H28N2O3/c1-11(10-17)15-9-12-5-7-16(8-6-12)13(18)19-14(2,3)4/h11-12,15,17H,5-10H2,1-4H3/t11-/m1/s1. The molecule has 1 atom stereocenters. The first kappa shape index (κ1) is 16.2. The van der Waals surface area contributed by atoms with E-state index in [2.05, 4.69) is 5.32 Å². The van der Waals surface area contributed by atoms with Gasteiger partial charge in [0.1, 0.15) is 5.60 Å². The fourth-order valence-electron chi connectivity index (χ4n) is 2.08. The van der Waals surface area contributed by atoms with Crippen LogP contribution in [0.5, 0.6) is 0 Å². The number of rotatable bonds is 4. The Morgan fingerprint density at radius 1 is 1.42 bits per heavy atom. The maximum absolute atomic E-state index is 11.9. The van der Waals surface area contributed by atoms with Crippen molar-refractivity contribution in [2.24, 2.45) is 5.92 Å². The highest BCUT2D eigenvalue weighted by Gasteiger charge is 2.26. The summed E-state index contributed by atoms with van der Waals surface area (Å²) in [5.41, 5.74) is -0.425. The first-order chi connectivity index (χ1) is 8.81. The maximum atomic E-state index is 11.9. The van der Waals surface area contributed by atoms with Gasteiger partial charge in [0.15, 0.2) is 0 Å². The molecule has 1 rings (SSSR count). The van der Waals surface area contributed by atoms with Gasteiger partial charge in [-0.2, -0.15) is 0 Å². The molecule has 1 aliphatic heterocycles. The molecule has 2 N–H and O–H groups in total. The lowest BCUT2D eigenvalue weighted by molar-refractivity contribution is 0.0183. The van der Waals surface area contributed by atoms with Crippen molar-refractivity contribution in [2.45, 2.75) is 52.2 Å². The van der Waals surface area contributed by atoms with E-state index >= 15 is 0 Å². The van der Waals surface area contributed by atoms with E-state index in [4.69, 9.17) is 9.84 Å². The summed E-state index contributed by atoms with van der Waals surface area (Å²) in [5.74, 6) is 0.577. The van der Waals surface area contributed by atoms with Crippen LogP contribution in [0.15, 0.2) is 0 Å². The molecule has 112 valence electrons. The van der Waals surface area contributed by atoms with Crippen molar-refractivity contribution in [2.75, 3.05) is 26.2 Å². The van der Waals surface area contributed by atoms with E-state index in [0.717, 1.165) is 32.5 Å². The third-order valence-corrected chi connectivity index (χ3v) is 3.30. The molecule has 0 aromatic rings. The Bertz CT molecular complexity index is 281. The van der Waals surface area contributed by atoms with Crippen molar-refractivity contribution >= 4 is 6.09 Å². The first-order valence-electron chi connectivity index (χ1n) is 7.14. The molecular weight excluding hydrogens is 244 g/mol. The molecule has 0 aliphatic carbocycles. The maximum Gasteiger partial charge on any atom is 0.410 e. The number of aliphatic hydroxyl groups excluding tert-OH is 1. The van der Waals surface area contributed by atoms with Gasteiger partial charge in [-0.3, -0.25) is 0 Å². The highest BCUT2D eigenvalue weighted by molar-refractivity contribution is 5.68. The quantitative estimate of drug-likeness (QED) is 0.816. The van der Waals surface area contributed by atoms with Crippen LogP contribution >= 0.6 is 0 Å². The van der Waals surface area contributed by atoms with Crippen LogP contribution in [0.1, 0.15) is 40.5 Å². The molecule has 19 heavy (non-hydrogen) atoms. The van der Waals surface area contributed by atoms with E-state index < -0.39 is 5.60 Å². The summed E-state index contributed by atoms with van der Waals surface area (Å²) in [6, 6.07) is 0.142. The smallest absolute Gasteiger partial charge is 0.410 e. The van der Waals surface area contributed by atoms with E-state index in [9.17, 15) is 4.79 Å². The lowest BCUT2D eigenvalue weighted by Crippen LogP contribution is -2.44. The molecule has 0 bridgehead atoms. The molecule has 0 saturated carbocycles. The average molecular weight is 272 g/mol. The van der Waals surface area contributed by atoms with Gasteiger partial charge in [-0.05, 0) is 53.0 Å². The van der Waals surface area contributed by atoms with Crippen molar-refractivity contribution in [1.82, 2.24) is 10.2 Å². The number of hydrogen-bond acceptors (Lipinski definition) is 4. The second-order valence-corrected chi connectivity index (χ2v) is 6.40. The van der Waals surface area contributed by atoms with E-state index in [-0.39, 0.29) is 18.7 Å². The van der Waals surface area contributed by atoms with Gasteiger partial charge in [0, 0.05) is 19.1 Å². The monoisotopic (exact) mass is 272 g/mol. The molecule has 0 aromatic heterocycles. The summed E-state index contributed by atoms with van der Waals surface area (Å²) in [4.78, 5) is 13.7. The van der Waals surface area contributed by atoms with Gasteiger partial charge in [0.05, 0.1) is 6.61 Å². The van der Waals surface area contributed by atoms with Gasteiger partial charge < -0.3 is 20.1 Å². The third-order valence-electron chi connectivity index (χ3n) is 3.30. The predicted octanol–water partition coefficient (Wildman–Crippen LogP) is 1.60. The summed E-state index contributed by atoms with van der Waals surface area (Å²) in [6.45, 7) is 10.2. The Hall–Kier alpha value is -0.810. The molecule has 1 saturated heterocycles. The van der Waals surface area contributed by atoms with Crippen LogP contribution in [0.2, 0.25) is 0 Å². The minimum Gasteiger partial charge on any atom is -0.444 e. The van der Waals surface area contributed by atoms with Crippen molar-refractivity contribution < 1.29 is 14.6 Å². The molecule has 0 unspecified atom stereocenters. The summed E-state index contributed by atoms with van der Waals surface area (Å²) >= 11 is 0. The molecular formula is C14H28N2O3. The first-order valence-corrected chi connectivity index (χ1v) is 7.14. The number of carbonyl (C=O) groups excluding carboxylic acids is 1. The van der Waals surface area contributed by atoms with E-state index in [1.165, 1.54) is 0 Å². The Morgan fingerprint density at radius 3 is 2.47 bits per heavy atom. The lowest BCUT2D eigenvalue weighted by Gasteiger charge is -2.33. The van der Waals surface area contributed by atoms with Crippen LogP contribution in [0.4, 0.5) is 4.79 Å². The van der Waals surface area contributed by atoms with E-state index in [0.29, 0.717) is 5.92 Å². The van der Waals surface area contributed by atoms with Crippen molar-refractivity contribution in [1.29, 1.82) is 0 Å². The molecule has 0 radical (unpaired) electrons. The molecule has 1 heterocycles. The Morgan fingerprint density at radius 2 is 2.00 bits per heavy atom. The number of hydrogen-bond donors (Lipinski definition) is 2. The highest BCUT2D eigenvalue weighted by atomic mass is 16.6. The number of likely N-dealkylation sites (tertiary alicyclic amines) is 1. The number of nitrogens with zero attached hydrogens (tertiary/aromatic N) is 1. The summed E-state index contributed by atoms with van der Waals surface area (Å²) in [6.07, 6.45) is 1.78. The largest absolute Gasteiger partial charge is 0.444 e. The number of nitrogens with one attached hydrogen (secondary N) is 1. The predicted molar refractivity (Wildman–Crippen MR) is 75.1 cm³/mol. The summed E-state index contributed by atoms with van der Waals surface area (Å²) < 4.78 is 5.37. The second-order valence-electron chi connectivity index (χ2n) is 6.40. The molecule has 1 aliphatic rings. The van der Waals surface area contributed by atoms with Crippen LogP contribution in [0.3, 0.4) is 0 Å². The molecule has 1 amide bonds. The second kappa shape index (κ2) is 7.10. The fraction of sp³-hybridized carbons (Fsp3) is 0.929.